The summed E-state index contributed by atoms with van der Waals surface area (Å²) in [5.74, 6) is 0. The monoisotopic (exact) mass is 204 g/mol. The van der Waals surface area contributed by atoms with Crippen LogP contribution in [0.5, 0.6) is 0 Å². The van der Waals surface area contributed by atoms with Crippen molar-refractivity contribution in [2.45, 2.75) is 5.03 Å². The predicted molar refractivity (Wildman–Crippen MR) is 47.7 cm³/mol. The molecule has 0 fully saturated rings. The van der Waals surface area contributed by atoms with E-state index in [1.165, 1.54) is 24.0 Å². The van der Waals surface area contributed by atoms with Crippen LogP contribution in [0.1, 0.15) is 0 Å². The molecule has 1 aromatic rings. The van der Waals surface area contributed by atoms with Crippen LogP contribution < -0.4 is 0 Å². The molecule has 0 atom stereocenters. The van der Waals surface area contributed by atoms with Crippen LogP contribution in [0.25, 0.3) is 0 Å². The Hall–Kier alpha value is -0.810. The molecule has 1 rings (SSSR count). The molecule has 0 bridgehead atoms. The Bertz CT molecular complexity index is 318. The molecule has 6 heteroatoms. The van der Waals surface area contributed by atoms with Crippen molar-refractivity contribution >= 4 is 29.1 Å². The Kier molecular flexibility index (Phi) is 2.88. The number of nitro groups is 1. The average Bonchev–Trinajstić information content (AvgIpc) is 2.04. The van der Waals surface area contributed by atoms with Crippen LogP contribution in [-0.2, 0) is 0 Å². The van der Waals surface area contributed by atoms with E-state index in [0.717, 1.165) is 0 Å². The average molecular weight is 205 g/mol. The number of hydrogen-bond acceptors (Lipinski definition) is 4. The van der Waals surface area contributed by atoms with Crippen molar-refractivity contribution < 1.29 is 4.92 Å². The second-order valence-electron chi connectivity index (χ2n) is 1.94. The molecule has 0 aliphatic heterocycles. The highest BCUT2D eigenvalue weighted by molar-refractivity contribution is 7.98. The van der Waals surface area contributed by atoms with Crippen LogP contribution in [-0.4, -0.2) is 16.2 Å². The maximum absolute atomic E-state index is 10.4. The fraction of sp³-hybridized carbons (Fsp3) is 0.167. The van der Waals surface area contributed by atoms with Gasteiger partial charge in [-0.15, -0.1) is 11.8 Å². The summed E-state index contributed by atoms with van der Waals surface area (Å²) in [6.45, 7) is 0. The molecule has 64 valence electrons. The summed E-state index contributed by atoms with van der Waals surface area (Å²) in [4.78, 5) is 13.7. The molecular formula is C6H5ClN2O2S. The van der Waals surface area contributed by atoms with E-state index in [9.17, 15) is 10.1 Å². The van der Waals surface area contributed by atoms with Crippen LogP contribution in [0, 0.1) is 10.1 Å². The molecule has 1 aromatic heterocycles. The summed E-state index contributed by atoms with van der Waals surface area (Å²) >= 11 is 6.76. The second-order valence-corrected chi connectivity index (χ2v) is 3.17. The minimum absolute atomic E-state index is 0.0463. The maximum atomic E-state index is 10.4. The number of pyridine rings is 1. The first-order valence-corrected chi connectivity index (χ1v) is 4.59. The van der Waals surface area contributed by atoms with Gasteiger partial charge in [-0.2, -0.15) is 0 Å². The van der Waals surface area contributed by atoms with Gasteiger partial charge >= 0.3 is 5.69 Å². The summed E-state index contributed by atoms with van der Waals surface area (Å²) < 4.78 is 0. The van der Waals surface area contributed by atoms with E-state index in [4.69, 9.17) is 11.6 Å². The third-order valence-electron chi connectivity index (χ3n) is 1.19. The van der Waals surface area contributed by atoms with E-state index in [0.29, 0.717) is 5.03 Å². The first kappa shape index (κ1) is 9.28. The fourth-order valence-corrected chi connectivity index (χ4v) is 1.36. The van der Waals surface area contributed by atoms with Crippen molar-refractivity contribution in [3.63, 3.8) is 0 Å². The van der Waals surface area contributed by atoms with Gasteiger partial charge in [0.05, 0.1) is 9.95 Å². The molecule has 0 aromatic carbocycles. The number of thioether (sulfide) groups is 1. The van der Waals surface area contributed by atoms with Crippen LogP contribution in [0.15, 0.2) is 17.3 Å². The molecule has 0 aliphatic carbocycles. The summed E-state index contributed by atoms with van der Waals surface area (Å²) in [6.07, 6.45) is 3.11. The highest BCUT2D eigenvalue weighted by Crippen LogP contribution is 2.27. The summed E-state index contributed by atoms with van der Waals surface area (Å²) in [6, 6.07) is 1.29. The lowest BCUT2D eigenvalue weighted by Crippen LogP contribution is -1.92. The van der Waals surface area contributed by atoms with E-state index in [1.54, 1.807) is 6.26 Å². The van der Waals surface area contributed by atoms with Crippen LogP contribution >= 0.6 is 23.4 Å². The number of aromatic nitrogens is 1. The van der Waals surface area contributed by atoms with Crippen molar-refractivity contribution in [1.29, 1.82) is 0 Å². The smallest absolute Gasteiger partial charge is 0.258 e. The maximum Gasteiger partial charge on any atom is 0.302 e. The van der Waals surface area contributed by atoms with Crippen molar-refractivity contribution in [2.24, 2.45) is 0 Å². The molecule has 0 unspecified atom stereocenters. The Morgan fingerprint density at radius 1 is 1.75 bits per heavy atom. The zero-order chi connectivity index (χ0) is 9.14. The minimum Gasteiger partial charge on any atom is -0.258 e. The summed E-state index contributed by atoms with van der Waals surface area (Å²) in [5, 5.41) is 11.1. The molecular weight excluding hydrogens is 200 g/mol. The Morgan fingerprint density at radius 3 is 2.92 bits per heavy atom. The lowest BCUT2D eigenvalue weighted by molar-refractivity contribution is -0.388. The quantitative estimate of drug-likeness (QED) is 0.422. The van der Waals surface area contributed by atoms with Gasteiger partial charge in [-0.25, -0.2) is 4.98 Å². The number of rotatable bonds is 2. The molecule has 0 saturated carbocycles. The van der Waals surface area contributed by atoms with E-state index >= 15 is 0 Å². The Morgan fingerprint density at radius 2 is 2.42 bits per heavy atom. The van der Waals surface area contributed by atoms with Crippen LogP contribution in [0.2, 0.25) is 5.02 Å². The molecule has 0 radical (unpaired) electrons. The van der Waals surface area contributed by atoms with Gasteiger partial charge in [-0.3, -0.25) is 10.1 Å². The topological polar surface area (TPSA) is 56.0 Å². The van der Waals surface area contributed by atoms with Crippen molar-refractivity contribution in [3.05, 3.63) is 27.4 Å². The standard InChI is InChI=1S/C6H5ClN2O2S/c1-12-6-5(9(10)11)2-4(7)3-8-6/h2-3H,1H3. The van der Waals surface area contributed by atoms with Gasteiger partial charge in [-0.1, -0.05) is 11.6 Å². The van der Waals surface area contributed by atoms with Gasteiger partial charge in [0, 0.05) is 12.3 Å². The van der Waals surface area contributed by atoms with Gasteiger partial charge in [0.1, 0.15) is 0 Å². The normalized spacial score (nSPS) is 9.83. The second kappa shape index (κ2) is 3.73. The summed E-state index contributed by atoms with van der Waals surface area (Å²) in [7, 11) is 0. The molecule has 0 spiro atoms. The lowest BCUT2D eigenvalue weighted by Gasteiger charge is -1.97. The van der Waals surface area contributed by atoms with Gasteiger partial charge in [0.2, 0.25) is 0 Å². The van der Waals surface area contributed by atoms with Crippen molar-refractivity contribution in [2.75, 3.05) is 6.26 Å². The molecule has 0 saturated heterocycles. The predicted octanol–water partition coefficient (Wildman–Crippen LogP) is 2.37. The van der Waals surface area contributed by atoms with Gasteiger partial charge in [0.15, 0.2) is 5.03 Å². The molecule has 0 N–H and O–H groups in total. The highest BCUT2D eigenvalue weighted by atomic mass is 35.5. The number of halogens is 1. The minimum atomic E-state index is -0.495. The number of hydrogen-bond donors (Lipinski definition) is 0. The van der Waals surface area contributed by atoms with Crippen LogP contribution in [0.4, 0.5) is 5.69 Å². The largest absolute Gasteiger partial charge is 0.302 e. The van der Waals surface area contributed by atoms with E-state index in [1.807, 2.05) is 0 Å². The lowest BCUT2D eigenvalue weighted by atomic mass is 10.4. The zero-order valence-electron chi connectivity index (χ0n) is 6.15. The van der Waals surface area contributed by atoms with Crippen molar-refractivity contribution in [3.8, 4) is 0 Å². The number of nitrogens with zero attached hydrogens (tertiary/aromatic N) is 2. The molecule has 0 aliphatic rings. The molecule has 4 nitrogen and oxygen atoms in total. The third-order valence-corrected chi connectivity index (χ3v) is 2.10. The summed E-state index contributed by atoms with van der Waals surface area (Å²) in [5.41, 5.74) is -0.0463. The highest BCUT2D eigenvalue weighted by Gasteiger charge is 2.14. The van der Waals surface area contributed by atoms with Gasteiger partial charge in [-0.05, 0) is 6.26 Å². The van der Waals surface area contributed by atoms with Gasteiger partial charge < -0.3 is 0 Å². The molecule has 12 heavy (non-hydrogen) atoms. The zero-order valence-corrected chi connectivity index (χ0v) is 7.72. The van der Waals surface area contributed by atoms with Gasteiger partial charge in [0.25, 0.3) is 0 Å². The fourth-order valence-electron chi connectivity index (χ4n) is 0.704. The van der Waals surface area contributed by atoms with Crippen molar-refractivity contribution in [1.82, 2.24) is 4.98 Å². The Labute approximate surface area is 78.1 Å². The molecule has 1 heterocycles. The Balaban J connectivity index is 3.21. The SMILES string of the molecule is CSc1ncc(Cl)cc1[N+](=O)[O-]. The van der Waals surface area contributed by atoms with E-state index in [-0.39, 0.29) is 10.7 Å². The first-order chi connectivity index (χ1) is 5.65. The van der Waals surface area contributed by atoms with E-state index < -0.39 is 4.92 Å². The third kappa shape index (κ3) is 1.86. The first-order valence-electron chi connectivity index (χ1n) is 2.99. The van der Waals surface area contributed by atoms with E-state index in [2.05, 4.69) is 4.98 Å². The molecule has 0 amide bonds. The van der Waals surface area contributed by atoms with Crippen LogP contribution in [0.3, 0.4) is 0 Å².